The second-order valence-electron chi connectivity index (χ2n) is 6.00. The van der Waals surface area contributed by atoms with Gasteiger partial charge in [0.25, 0.3) is 0 Å². The van der Waals surface area contributed by atoms with Crippen LogP contribution in [0.2, 0.25) is 0 Å². The average molecular weight is 322 g/mol. The number of methoxy groups -OCH3 is 1. The van der Waals surface area contributed by atoms with Crippen LogP contribution in [0.5, 0.6) is 5.75 Å². The molecule has 24 heavy (non-hydrogen) atoms. The molecule has 2 atom stereocenters. The molecule has 1 aliphatic rings. The van der Waals surface area contributed by atoms with Gasteiger partial charge in [0.2, 0.25) is 0 Å². The highest BCUT2D eigenvalue weighted by Crippen LogP contribution is 2.38. The summed E-state index contributed by atoms with van der Waals surface area (Å²) in [6.07, 6.45) is 0.459. The molecule has 5 heteroatoms. The Morgan fingerprint density at radius 1 is 1.17 bits per heavy atom. The van der Waals surface area contributed by atoms with Crippen LogP contribution in [0.1, 0.15) is 22.9 Å². The highest BCUT2D eigenvalue weighted by molar-refractivity contribution is 5.87. The van der Waals surface area contributed by atoms with Crippen LogP contribution in [0.3, 0.4) is 0 Å². The first kappa shape index (κ1) is 14.8. The number of aromatic amines is 1. The zero-order chi connectivity index (χ0) is 16.7. The second-order valence-corrected chi connectivity index (χ2v) is 6.00. The zero-order valence-corrected chi connectivity index (χ0v) is 13.2. The lowest BCUT2D eigenvalue weighted by molar-refractivity contribution is -0.139. The van der Waals surface area contributed by atoms with Crippen molar-refractivity contribution in [1.82, 2.24) is 10.3 Å². The number of fused-ring (bicyclic) bond motifs is 3. The lowest BCUT2D eigenvalue weighted by atomic mass is 9.90. The molecule has 0 spiro atoms. The molecular formula is C19H18N2O3. The van der Waals surface area contributed by atoms with Crippen molar-refractivity contribution in [3.8, 4) is 5.75 Å². The van der Waals surface area contributed by atoms with Crippen molar-refractivity contribution >= 4 is 16.9 Å². The molecule has 3 aromatic rings. The fourth-order valence-corrected chi connectivity index (χ4v) is 3.54. The van der Waals surface area contributed by atoms with Crippen LogP contribution in [0, 0.1) is 0 Å². The van der Waals surface area contributed by atoms with E-state index in [1.54, 1.807) is 7.11 Å². The van der Waals surface area contributed by atoms with Gasteiger partial charge >= 0.3 is 5.97 Å². The van der Waals surface area contributed by atoms with Gasteiger partial charge in [0.15, 0.2) is 0 Å². The summed E-state index contributed by atoms with van der Waals surface area (Å²) in [5, 5.41) is 13.9. The van der Waals surface area contributed by atoms with Crippen molar-refractivity contribution in [2.24, 2.45) is 0 Å². The van der Waals surface area contributed by atoms with Crippen LogP contribution >= 0.6 is 0 Å². The Morgan fingerprint density at radius 3 is 2.71 bits per heavy atom. The molecule has 4 rings (SSSR count). The number of hydrogen-bond acceptors (Lipinski definition) is 3. The maximum Gasteiger partial charge on any atom is 0.321 e. The molecule has 2 aromatic carbocycles. The Labute approximate surface area is 139 Å². The van der Waals surface area contributed by atoms with Gasteiger partial charge in [0, 0.05) is 28.6 Å². The predicted molar refractivity (Wildman–Crippen MR) is 91.4 cm³/mol. The molecule has 0 radical (unpaired) electrons. The van der Waals surface area contributed by atoms with Crippen LogP contribution in [0.4, 0.5) is 0 Å². The second kappa shape index (κ2) is 5.69. The number of carbonyl (C=O) groups is 1. The number of aromatic nitrogens is 1. The normalized spacial score (nSPS) is 19.9. The molecule has 1 aromatic heterocycles. The highest BCUT2D eigenvalue weighted by atomic mass is 16.5. The molecule has 5 nitrogen and oxygen atoms in total. The summed E-state index contributed by atoms with van der Waals surface area (Å²) in [4.78, 5) is 15.1. The fourth-order valence-electron chi connectivity index (χ4n) is 3.54. The van der Waals surface area contributed by atoms with E-state index in [-0.39, 0.29) is 6.04 Å². The van der Waals surface area contributed by atoms with Crippen LogP contribution in [0.25, 0.3) is 10.9 Å². The minimum atomic E-state index is -0.842. The number of aliphatic carboxylic acids is 1. The number of ether oxygens (including phenoxy) is 1. The monoisotopic (exact) mass is 322 g/mol. The standard InChI is InChI=1S/C19H18N2O3/c1-24-16-9-5-3-7-12(16)17-18-13(10-15(21-17)19(22)23)11-6-2-4-8-14(11)20-18/h2-9,15,17,20-21H,10H2,1H3,(H,22,23). The fraction of sp³-hybridized carbons (Fsp3) is 0.211. The molecule has 0 fully saturated rings. The van der Waals surface area contributed by atoms with Gasteiger partial charge in [-0.3, -0.25) is 10.1 Å². The summed E-state index contributed by atoms with van der Waals surface area (Å²) < 4.78 is 5.48. The Kier molecular flexibility index (Phi) is 3.50. The Hall–Kier alpha value is -2.79. The minimum Gasteiger partial charge on any atom is -0.496 e. The summed E-state index contributed by atoms with van der Waals surface area (Å²) in [5.74, 6) is -0.100. The van der Waals surface area contributed by atoms with E-state index in [2.05, 4.69) is 10.3 Å². The SMILES string of the molecule is COc1ccccc1C1NC(C(=O)O)Cc2c1[nH]c1ccccc21. The summed E-state index contributed by atoms with van der Waals surface area (Å²) in [6, 6.07) is 14.8. The van der Waals surface area contributed by atoms with Crippen molar-refractivity contribution in [3.63, 3.8) is 0 Å². The number of nitrogens with one attached hydrogen (secondary N) is 2. The molecule has 2 heterocycles. The topological polar surface area (TPSA) is 74.3 Å². The average Bonchev–Trinajstić information content (AvgIpc) is 2.99. The molecule has 0 aliphatic carbocycles. The third kappa shape index (κ3) is 2.25. The number of carboxylic acids is 1. The van der Waals surface area contributed by atoms with Gasteiger partial charge in [-0.2, -0.15) is 0 Å². The lowest BCUT2D eigenvalue weighted by Crippen LogP contribution is -2.45. The van der Waals surface area contributed by atoms with Crippen molar-refractivity contribution in [3.05, 3.63) is 65.4 Å². The number of H-pyrrole nitrogens is 1. The van der Waals surface area contributed by atoms with Gasteiger partial charge < -0.3 is 14.8 Å². The van der Waals surface area contributed by atoms with Crippen molar-refractivity contribution in [2.75, 3.05) is 7.11 Å². The summed E-state index contributed by atoms with van der Waals surface area (Å²) in [5.41, 5.74) is 4.03. The van der Waals surface area contributed by atoms with Crippen LogP contribution in [-0.2, 0) is 11.2 Å². The number of benzene rings is 2. The van der Waals surface area contributed by atoms with Gasteiger partial charge in [0.1, 0.15) is 11.8 Å². The minimum absolute atomic E-state index is 0.251. The van der Waals surface area contributed by atoms with Gasteiger partial charge in [-0.25, -0.2) is 0 Å². The van der Waals surface area contributed by atoms with Gasteiger partial charge in [0.05, 0.1) is 13.2 Å². The molecule has 2 unspecified atom stereocenters. The third-order valence-electron chi connectivity index (χ3n) is 4.66. The number of carboxylic acid groups (broad SMARTS) is 1. The van der Waals surface area contributed by atoms with E-state index in [9.17, 15) is 9.90 Å². The van der Waals surface area contributed by atoms with Crippen LogP contribution in [0.15, 0.2) is 48.5 Å². The Bertz CT molecular complexity index is 916. The maximum atomic E-state index is 11.6. The Morgan fingerprint density at radius 2 is 1.92 bits per heavy atom. The van der Waals surface area contributed by atoms with E-state index in [1.807, 2.05) is 48.5 Å². The first-order chi connectivity index (χ1) is 11.7. The van der Waals surface area contributed by atoms with E-state index >= 15 is 0 Å². The van der Waals surface area contributed by atoms with Crippen LogP contribution < -0.4 is 10.1 Å². The molecule has 0 saturated heterocycles. The molecule has 122 valence electrons. The highest BCUT2D eigenvalue weighted by Gasteiger charge is 2.34. The van der Waals surface area contributed by atoms with Crippen molar-refractivity contribution in [1.29, 1.82) is 0 Å². The van der Waals surface area contributed by atoms with Crippen molar-refractivity contribution < 1.29 is 14.6 Å². The maximum absolute atomic E-state index is 11.6. The quantitative estimate of drug-likeness (QED) is 0.693. The van der Waals surface area contributed by atoms with E-state index in [0.29, 0.717) is 6.42 Å². The molecule has 0 amide bonds. The smallest absolute Gasteiger partial charge is 0.321 e. The molecular weight excluding hydrogens is 304 g/mol. The lowest BCUT2D eigenvalue weighted by Gasteiger charge is -2.30. The van der Waals surface area contributed by atoms with E-state index in [0.717, 1.165) is 33.5 Å². The number of hydrogen-bond donors (Lipinski definition) is 3. The van der Waals surface area contributed by atoms with Crippen molar-refractivity contribution in [2.45, 2.75) is 18.5 Å². The largest absolute Gasteiger partial charge is 0.496 e. The zero-order valence-electron chi connectivity index (χ0n) is 13.2. The number of para-hydroxylation sites is 2. The van der Waals surface area contributed by atoms with Gasteiger partial charge in [-0.1, -0.05) is 36.4 Å². The molecule has 1 aliphatic heterocycles. The van der Waals surface area contributed by atoms with E-state index in [1.165, 1.54) is 0 Å². The van der Waals surface area contributed by atoms with E-state index in [4.69, 9.17) is 4.74 Å². The predicted octanol–water partition coefficient (Wildman–Crippen LogP) is 2.86. The Balaban J connectivity index is 1.93. The summed E-state index contributed by atoms with van der Waals surface area (Å²) in [6.45, 7) is 0. The first-order valence-electron chi connectivity index (χ1n) is 7.90. The van der Waals surface area contributed by atoms with Gasteiger partial charge in [-0.05, 0) is 17.7 Å². The molecule has 3 N–H and O–H groups in total. The first-order valence-corrected chi connectivity index (χ1v) is 7.90. The van der Waals surface area contributed by atoms with Gasteiger partial charge in [-0.15, -0.1) is 0 Å². The van der Waals surface area contributed by atoms with Crippen LogP contribution in [-0.4, -0.2) is 29.2 Å². The van der Waals surface area contributed by atoms with E-state index < -0.39 is 12.0 Å². The summed E-state index contributed by atoms with van der Waals surface area (Å²) in [7, 11) is 1.63. The summed E-state index contributed by atoms with van der Waals surface area (Å²) >= 11 is 0. The third-order valence-corrected chi connectivity index (χ3v) is 4.66. The molecule has 0 saturated carbocycles. The molecule has 0 bridgehead atoms. The number of rotatable bonds is 3.